The van der Waals surface area contributed by atoms with Crippen molar-refractivity contribution >= 4 is 14.9 Å². The fourth-order valence-electron chi connectivity index (χ4n) is 2.38. The molecule has 0 aliphatic carbocycles. The van der Waals surface area contributed by atoms with Gasteiger partial charge in [0.1, 0.15) is 0 Å². The van der Waals surface area contributed by atoms with Gasteiger partial charge in [0.05, 0.1) is 8.80 Å². The SMILES string of the molecule is C=C[C@@H](/C(=C/c1ccccc1)[Si](C)C)c1ccccc1. The molecule has 0 heterocycles. The lowest BCUT2D eigenvalue weighted by atomic mass is 9.97. The Bertz CT molecular complexity index is 567. The van der Waals surface area contributed by atoms with Crippen molar-refractivity contribution in [3.63, 3.8) is 0 Å². The molecule has 1 heteroatoms. The van der Waals surface area contributed by atoms with Crippen LogP contribution in [0.25, 0.3) is 6.08 Å². The Kier molecular flexibility index (Phi) is 5.14. The molecule has 2 rings (SSSR count). The summed E-state index contributed by atoms with van der Waals surface area (Å²) in [6.45, 7) is 8.75. The summed E-state index contributed by atoms with van der Waals surface area (Å²) in [7, 11) is -0.539. The summed E-state index contributed by atoms with van der Waals surface area (Å²) in [5.41, 5.74) is 2.60. The minimum absolute atomic E-state index is 0.320. The van der Waals surface area contributed by atoms with Gasteiger partial charge in [-0.15, -0.1) is 6.58 Å². The van der Waals surface area contributed by atoms with Gasteiger partial charge in [-0.25, -0.2) is 0 Å². The summed E-state index contributed by atoms with van der Waals surface area (Å²) >= 11 is 0. The van der Waals surface area contributed by atoms with Crippen LogP contribution >= 0.6 is 0 Å². The molecular weight excluding hydrogens is 256 g/mol. The number of hydrogen-bond acceptors (Lipinski definition) is 0. The monoisotopic (exact) mass is 277 g/mol. The molecular formula is C19H21Si. The zero-order valence-electron chi connectivity index (χ0n) is 12.2. The molecule has 1 radical (unpaired) electrons. The second kappa shape index (κ2) is 7.06. The standard InChI is InChI=1S/C19H21Si/c1-4-18(17-13-9-6-10-14-17)19(20(2)3)15-16-11-7-5-8-12-16/h4-15,18H,1H2,2-3H3/b19-15-/t18-/m1/s1. The molecule has 20 heavy (non-hydrogen) atoms. The molecule has 0 aromatic heterocycles. The number of hydrogen-bond donors (Lipinski definition) is 0. The van der Waals surface area contributed by atoms with Crippen molar-refractivity contribution in [3.8, 4) is 0 Å². The van der Waals surface area contributed by atoms with Crippen LogP contribution in [0.1, 0.15) is 17.0 Å². The summed E-state index contributed by atoms with van der Waals surface area (Å²) in [6.07, 6.45) is 4.41. The lowest BCUT2D eigenvalue weighted by Gasteiger charge is -2.20. The van der Waals surface area contributed by atoms with Gasteiger partial charge in [0.2, 0.25) is 0 Å². The quantitative estimate of drug-likeness (QED) is 0.511. The van der Waals surface area contributed by atoms with E-state index in [9.17, 15) is 0 Å². The van der Waals surface area contributed by atoms with Crippen LogP contribution in [0.15, 0.2) is 78.5 Å². The molecule has 0 nitrogen and oxygen atoms in total. The van der Waals surface area contributed by atoms with Crippen LogP contribution in [0.3, 0.4) is 0 Å². The Balaban J connectivity index is 2.42. The smallest absolute Gasteiger partial charge is 0.0749 e. The third-order valence-electron chi connectivity index (χ3n) is 3.43. The highest BCUT2D eigenvalue weighted by Gasteiger charge is 2.16. The first-order chi connectivity index (χ1) is 9.72. The van der Waals surface area contributed by atoms with Gasteiger partial charge < -0.3 is 0 Å². The number of rotatable bonds is 5. The maximum absolute atomic E-state index is 4.06. The topological polar surface area (TPSA) is 0 Å². The average Bonchev–Trinajstić information content (AvgIpc) is 2.49. The van der Waals surface area contributed by atoms with Crippen molar-refractivity contribution in [1.82, 2.24) is 0 Å². The van der Waals surface area contributed by atoms with Crippen molar-refractivity contribution in [3.05, 3.63) is 89.6 Å². The summed E-state index contributed by atoms with van der Waals surface area (Å²) in [4.78, 5) is 0. The summed E-state index contributed by atoms with van der Waals surface area (Å²) in [5, 5.41) is 1.50. The van der Waals surface area contributed by atoms with E-state index in [0.29, 0.717) is 5.92 Å². The Labute approximate surface area is 124 Å². The van der Waals surface area contributed by atoms with Crippen LogP contribution in [0.5, 0.6) is 0 Å². The van der Waals surface area contributed by atoms with Crippen LogP contribution < -0.4 is 0 Å². The molecule has 0 spiro atoms. The molecule has 0 aliphatic rings. The van der Waals surface area contributed by atoms with Crippen LogP contribution in [0.2, 0.25) is 13.1 Å². The summed E-state index contributed by atoms with van der Waals surface area (Å²) in [6, 6.07) is 21.2. The zero-order valence-corrected chi connectivity index (χ0v) is 13.2. The molecule has 0 fully saturated rings. The van der Waals surface area contributed by atoms with Gasteiger partial charge >= 0.3 is 0 Å². The predicted octanol–water partition coefficient (Wildman–Crippen LogP) is 5.33. The van der Waals surface area contributed by atoms with Crippen molar-refractivity contribution in [1.29, 1.82) is 0 Å². The molecule has 2 aromatic carbocycles. The van der Waals surface area contributed by atoms with Crippen molar-refractivity contribution in [2.24, 2.45) is 0 Å². The molecule has 0 amide bonds. The van der Waals surface area contributed by atoms with Gasteiger partial charge in [-0.1, -0.05) is 91.1 Å². The molecule has 101 valence electrons. The van der Waals surface area contributed by atoms with Gasteiger partial charge in [0.15, 0.2) is 0 Å². The average molecular weight is 277 g/mol. The Morgan fingerprint density at radius 2 is 1.50 bits per heavy atom. The van der Waals surface area contributed by atoms with Crippen LogP contribution in [-0.4, -0.2) is 8.80 Å². The second-order valence-corrected chi connectivity index (χ2v) is 7.71. The van der Waals surface area contributed by atoms with Crippen molar-refractivity contribution < 1.29 is 0 Å². The number of allylic oxidation sites excluding steroid dienone is 2. The minimum atomic E-state index is -0.539. The van der Waals surface area contributed by atoms with E-state index in [1.807, 2.05) is 0 Å². The molecule has 0 aliphatic heterocycles. The van der Waals surface area contributed by atoms with E-state index < -0.39 is 8.80 Å². The van der Waals surface area contributed by atoms with E-state index in [4.69, 9.17) is 0 Å². The minimum Gasteiger partial charge on any atom is -0.102 e. The lowest BCUT2D eigenvalue weighted by Crippen LogP contribution is -2.13. The second-order valence-electron chi connectivity index (χ2n) is 5.13. The molecule has 0 saturated heterocycles. The van der Waals surface area contributed by atoms with Crippen molar-refractivity contribution in [2.45, 2.75) is 19.0 Å². The first-order valence-corrected chi connectivity index (χ1v) is 9.47. The third-order valence-corrected chi connectivity index (χ3v) is 5.04. The van der Waals surface area contributed by atoms with E-state index in [1.54, 1.807) is 0 Å². The molecule has 2 aromatic rings. The van der Waals surface area contributed by atoms with Gasteiger partial charge in [0, 0.05) is 5.92 Å². The molecule has 0 bridgehead atoms. The normalized spacial score (nSPS) is 13.2. The Hall–Kier alpha value is -1.86. The number of benzene rings is 2. The lowest BCUT2D eigenvalue weighted by molar-refractivity contribution is 1.06. The van der Waals surface area contributed by atoms with E-state index in [1.165, 1.54) is 16.3 Å². The van der Waals surface area contributed by atoms with Crippen molar-refractivity contribution in [2.75, 3.05) is 0 Å². The molecule has 1 atom stereocenters. The van der Waals surface area contributed by atoms with Gasteiger partial charge in [-0.3, -0.25) is 0 Å². The Morgan fingerprint density at radius 3 is 2.00 bits per heavy atom. The summed E-state index contributed by atoms with van der Waals surface area (Å²) in [5.74, 6) is 0.320. The van der Waals surface area contributed by atoms with Gasteiger partial charge in [0.25, 0.3) is 0 Å². The fraction of sp³-hybridized carbons (Fsp3) is 0.158. The third kappa shape index (κ3) is 3.58. The fourth-order valence-corrected chi connectivity index (χ4v) is 3.74. The Morgan fingerprint density at radius 1 is 0.950 bits per heavy atom. The predicted molar refractivity (Wildman–Crippen MR) is 91.3 cm³/mol. The van der Waals surface area contributed by atoms with Crippen LogP contribution in [0, 0.1) is 0 Å². The first kappa shape index (κ1) is 14.5. The molecule has 0 saturated carbocycles. The van der Waals surface area contributed by atoms with Gasteiger partial charge in [-0.05, 0) is 11.1 Å². The highest BCUT2D eigenvalue weighted by molar-refractivity contribution is 6.65. The first-order valence-electron chi connectivity index (χ1n) is 6.97. The maximum Gasteiger partial charge on any atom is 0.0749 e. The maximum atomic E-state index is 4.06. The molecule has 0 N–H and O–H groups in total. The van der Waals surface area contributed by atoms with E-state index in [2.05, 4.69) is 92.5 Å². The summed E-state index contributed by atoms with van der Waals surface area (Å²) < 4.78 is 0. The van der Waals surface area contributed by atoms with Gasteiger partial charge in [-0.2, -0.15) is 0 Å². The highest BCUT2D eigenvalue weighted by atomic mass is 28.3. The van der Waals surface area contributed by atoms with E-state index in [0.717, 1.165) is 0 Å². The zero-order chi connectivity index (χ0) is 14.4. The van der Waals surface area contributed by atoms with E-state index >= 15 is 0 Å². The largest absolute Gasteiger partial charge is 0.102 e. The molecule has 0 unspecified atom stereocenters. The van der Waals surface area contributed by atoms with E-state index in [-0.39, 0.29) is 0 Å². The van der Waals surface area contributed by atoms with Crippen LogP contribution in [-0.2, 0) is 0 Å². The highest BCUT2D eigenvalue weighted by Crippen LogP contribution is 2.29. The van der Waals surface area contributed by atoms with Crippen LogP contribution in [0.4, 0.5) is 0 Å².